The molecule has 6 rings (SSSR count). The first-order chi connectivity index (χ1) is 23.6. The van der Waals surface area contributed by atoms with Crippen molar-refractivity contribution in [2.75, 3.05) is 6.61 Å². The van der Waals surface area contributed by atoms with Crippen LogP contribution >= 0.6 is 0 Å². The summed E-state index contributed by atoms with van der Waals surface area (Å²) < 4.78 is 23.1. The Labute approximate surface area is 302 Å². The van der Waals surface area contributed by atoms with E-state index in [1.54, 1.807) is 6.92 Å². The molecule has 5 aliphatic carbocycles. The second-order valence-electron chi connectivity index (χ2n) is 18.9. The van der Waals surface area contributed by atoms with Crippen LogP contribution in [-0.4, -0.2) is 87.9 Å². The summed E-state index contributed by atoms with van der Waals surface area (Å²) in [6.45, 7) is 17.4. The Kier molecular flexibility index (Phi) is 9.69. The summed E-state index contributed by atoms with van der Waals surface area (Å²) in [6, 6.07) is 0. The summed E-state index contributed by atoms with van der Waals surface area (Å²) in [5, 5.41) is 45.3. The summed E-state index contributed by atoms with van der Waals surface area (Å²) >= 11 is 0. The fourth-order valence-electron chi connectivity index (χ4n) is 12.6. The zero-order valence-corrected chi connectivity index (χ0v) is 32.1. The van der Waals surface area contributed by atoms with Crippen LogP contribution in [0.3, 0.4) is 0 Å². The zero-order valence-electron chi connectivity index (χ0n) is 32.1. The van der Waals surface area contributed by atoms with Crippen LogP contribution in [0.1, 0.15) is 120 Å². The van der Waals surface area contributed by atoms with Gasteiger partial charge in [-0.15, -0.1) is 0 Å². The molecule has 1 aliphatic heterocycles. The number of aliphatic hydroxyl groups is 3. The van der Waals surface area contributed by atoms with Gasteiger partial charge in [-0.3, -0.25) is 14.4 Å². The van der Waals surface area contributed by atoms with E-state index in [1.807, 2.05) is 13.8 Å². The topological polar surface area (TPSA) is 169 Å². The number of carbonyl (C=O) groups excluding carboxylic acids is 2. The van der Waals surface area contributed by atoms with Crippen LogP contribution in [0.5, 0.6) is 0 Å². The average molecular weight is 719 g/mol. The van der Waals surface area contributed by atoms with Crippen LogP contribution in [0, 0.1) is 50.2 Å². The summed E-state index contributed by atoms with van der Waals surface area (Å²) in [5.41, 5.74) is -0.944. The van der Waals surface area contributed by atoms with Crippen molar-refractivity contribution < 1.29 is 53.8 Å². The highest BCUT2D eigenvalue weighted by atomic mass is 16.7. The van der Waals surface area contributed by atoms with Gasteiger partial charge in [-0.2, -0.15) is 0 Å². The lowest BCUT2D eigenvalue weighted by Crippen LogP contribution is -2.69. The fourth-order valence-corrected chi connectivity index (χ4v) is 12.6. The number of hydrogen-bond donors (Lipinski definition) is 4. The number of rotatable bonds is 6. The van der Waals surface area contributed by atoms with Gasteiger partial charge in [0.05, 0.1) is 30.3 Å². The molecule has 1 heterocycles. The molecular formula is C40H62O11. The standard InChI is InChI=1S/C40H62O11/c1-21-31(50-22(2)41)32(51-23(3)42)30(45)33(49-21)48-20-37(6)26-12-13-39(8)27(40(26,9)29(44)18-28(37)43)11-10-24-25-19-36(5,34(46)47)15-14-35(25,4)16-17-38(24,39)7/h10,21,25-33,43-45H,11-20H2,1-9H3,(H,46,47)/t21-,25-,26-,27-,28-,29-,30+,31-,32-,33+,35+,36+,37+,38+,39+,40-/m0/s1. The first-order valence-corrected chi connectivity index (χ1v) is 19.2. The molecule has 11 heteroatoms. The van der Waals surface area contributed by atoms with Crippen molar-refractivity contribution in [1.82, 2.24) is 0 Å². The largest absolute Gasteiger partial charge is 0.481 e. The molecule has 288 valence electrons. The van der Waals surface area contributed by atoms with Gasteiger partial charge in [0.25, 0.3) is 0 Å². The third kappa shape index (κ3) is 5.73. The molecule has 4 saturated carbocycles. The van der Waals surface area contributed by atoms with Gasteiger partial charge in [-0.05, 0) is 99.2 Å². The molecule has 0 amide bonds. The number of aliphatic hydroxyl groups excluding tert-OH is 3. The lowest BCUT2D eigenvalue weighted by atomic mass is 9.33. The average Bonchev–Trinajstić information content (AvgIpc) is 3.03. The first-order valence-electron chi connectivity index (χ1n) is 19.2. The molecule has 16 atom stereocenters. The highest BCUT2D eigenvalue weighted by Gasteiger charge is 2.71. The second-order valence-corrected chi connectivity index (χ2v) is 18.9. The van der Waals surface area contributed by atoms with Gasteiger partial charge in [-0.1, -0.05) is 46.3 Å². The Balaban J connectivity index is 1.29. The van der Waals surface area contributed by atoms with E-state index in [-0.39, 0.29) is 47.0 Å². The van der Waals surface area contributed by atoms with Gasteiger partial charge in [0.2, 0.25) is 0 Å². The highest BCUT2D eigenvalue weighted by Crippen LogP contribution is 2.75. The van der Waals surface area contributed by atoms with Crippen LogP contribution in [0.4, 0.5) is 0 Å². The molecule has 6 aliphatic rings. The lowest BCUT2D eigenvalue weighted by Gasteiger charge is -2.72. The van der Waals surface area contributed by atoms with Gasteiger partial charge < -0.3 is 39.4 Å². The predicted molar refractivity (Wildman–Crippen MR) is 186 cm³/mol. The Bertz CT molecular complexity index is 1450. The quantitative estimate of drug-likeness (QED) is 0.211. The molecule has 4 N–H and O–H groups in total. The number of carbonyl (C=O) groups is 3. The number of carboxylic acid groups (broad SMARTS) is 1. The van der Waals surface area contributed by atoms with E-state index in [0.717, 1.165) is 38.5 Å². The van der Waals surface area contributed by atoms with E-state index in [1.165, 1.54) is 19.4 Å². The Morgan fingerprint density at radius 2 is 1.49 bits per heavy atom. The van der Waals surface area contributed by atoms with E-state index < -0.39 is 77.1 Å². The molecule has 0 bridgehead atoms. The third-order valence-corrected chi connectivity index (χ3v) is 16.2. The van der Waals surface area contributed by atoms with E-state index >= 15 is 0 Å². The van der Waals surface area contributed by atoms with Crippen molar-refractivity contribution in [1.29, 1.82) is 0 Å². The van der Waals surface area contributed by atoms with Crippen molar-refractivity contribution in [2.24, 2.45) is 50.2 Å². The number of ether oxygens (including phenoxy) is 4. The van der Waals surface area contributed by atoms with Crippen LogP contribution in [-0.2, 0) is 33.3 Å². The van der Waals surface area contributed by atoms with Crippen LogP contribution in [0.15, 0.2) is 11.6 Å². The monoisotopic (exact) mass is 718 g/mol. The van der Waals surface area contributed by atoms with E-state index in [2.05, 4.69) is 33.8 Å². The minimum atomic E-state index is -1.45. The van der Waals surface area contributed by atoms with Crippen LogP contribution in [0.2, 0.25) is 0 Å². The zero-order chi connectivity index (χ0) is 37.7. The van der Waals surface area contributed by atoms with Crippen molar-refractivity contribution in [2.45, 2.75) is 163 Å². The summed E-state index contributed by atoms with van der Waals surface area (Å²) in [5.74, 6) is -1.77. The molecular weight excluding hydrogens is 656 g/mol. The van der Waals surface area contributed by atoms with Crippen molar-refractivity contribution in [3.63, 3.8) is 0 Å². The number of aliphatic carboxylic acids is 1. The van der Waals surface area contributed by atoms with Crippen LogP contribution < -0.4 is 0 Å². The second kappa shape index (κ2) is 12.8. The maximum Gasteiger partial charge on any atom is 0.309 e. The van der Waals surface area contributed by atoms with Gasteiger partial charge in [0.1, 0.15) is 6.10 Å². The third-order valence-electron chi connectivity index (χ3n) is 16.2. The normalized spacial score (nSPS) is 52.2. The SMILES string of the molecule is CC(=O)O[C@@H]1[C@@H](OC(C)=O)[C@@H](O)[C@H](OC[C@@]2(C)[C@@H](O)C[C@H](O)[C@]3(C)[C@H]4CC=C5[C@@H]6C[C@](C)(C(=O)O)CC[C@]6(C)CC[C@@]5(C)[C@]4(C)CC[C@@H]23)O[C@H]1C. The Morgan fingerprint density at radius 1 is 0.863 bits per heavy atom. The minimum absolute atomic E-state index is 0.0244. The van der Waals surface area contributed by atoms with Crippen molar-refractivity contribution in [3.8, 4) is 0 Å². The van der Waals surface area contributed by atoms with Gasteiger partial charge >= 0.3 is 17.9 Å². The molecule has 0 unspecified atom stereocenters. The fraction of sp³-hybridized carbons (Fsp3) is 0.875. The summed E-state index contributed by atoms with van der Waals surface area (Å²) in [4.78, 5) is 36.3. The molecule has 0 aromatic carbocycles. The Hall–Kier alpha value is -2.05. The molecule has 51 heavy (non-hydrogen) atoms. The maximum absolute atomic E-state index is 12.5. The van der Waals surface area contributed by atoms with Gasteiger partial charge in [0, 0.05) is 31.1 Å². The number of carboxylic acids is 1. The smallest absolute Gasteiger partial charge is 0.309 e. The number of hydrogen-bond acceptors (Lipinski definition) is 10. The van der Waals surface area contributed by atoms with E-state index in [0.29, 0.717) is 12.8 Å². The molecule has 0 radical (unpaired) electrons. The molecule has 11 nitrogen and oxygen atoms in total. The van der Waals surface area contributed by atoms with Crippen molar-refractivity contribution >= 4 is 17.9 Å². The van der Waals surface area contributed by atoms with Gasteiger partial charge in [0.15, 0.2) is 18.5 Å². The minimum Gasteiger partial charge on any atom is -0.481 e. The molecule has 0 spiro atoms. The predicted octanol–water partition coefficient (Wildman–Crippen LogP) is 5.17. The van der Waals surface area contributed by atoms with Crippen molar-refractivity contribution in [3.05, 3.63) is 11.6 Å². The maximum atomic E-state index is 12.5. The summed E-state index contributed by atoms with van der Waals surface area (Å²) in [7, 11) is 0. The molecule has 5 fully saturated rings. The van der Waals surface area contributed by atoms with Crippen LogP contribution in [0.25, 0.3) is 0 Å². The van der Waals surface area contributed by atoms with E-state index in [4.69, 9.17) is 18.9 Å². The number of esters is 2. The molecule has 1 saturated heterocycles. The Morgan fingerprint density at radius 3 is 2.12 bits per heavy atom. The van der Waals surface area contributed by atoms with Gasteiger partial charge in [-0.25, -0.2) is 0 Å². The number of allylic oxidation sites excluding steroid dienone is 2. The number of fused-ring (bicyclic) bond motifs is 7. The molecule has 0 aromatic heterocycles. The molecule has 0 aromatic rings. The summed E-state index contributed by atoms with van der Waals surface area (Å²) in [6.07, 6.45) is 2.07. The highest BCUT2D eigenvalue weighted by molar-refractivity contribution is 5.74. The van der Waals surface area contributed by atoms with E-state index in [9.17, 15) is 34.8 Å². The first kappa shape index (κ1) is 38.7. The lowest BCUT2D eigenvalue weighted by molar-refractivity contribution is -0.316.